The number of hydrogen-bond donors (Lipinski definition) is 1. The van der Waals surface area contributed by atoms with Crippen LogP contribution in [0.3, 0.4) is 0 Å². The van der Waals surface area contributed by atoms with Gasteiger partial charge in [-0.1, -0.05) is 0 Å². The molecular formula is C11H11F2NO. The zero-order chi connectivity index (χ0) is 10.4. The van der Waals surface area contributed by atoms with Gasteiger partial charge in [-0.15, -0.1) is 0 Å². The molecule has 0 radical (unpaired) electrons. The van der Waals surface area contributed by atoms with Crippen LogP contribution in [0.2, 0.25) is 0 Å². The van der Waals surface area contributed by atoms with Crippen LogP contribution in [0.1, 0.15) is 24.4 Å². The summed E-state index contributed by atoms with van der Waals surface area (Å²) in [6.45, 7) is 0.323. The van der Waals surface area contributed by atoms with Crippen LogP contribution < -0.4 is 10.1 Å². The van der Waals surface area contributed by atoms with E-state index in [-0.39, 0.29) is 17.6 Å². The smallest absolute Gasteiger partial charge is 0.165 e. The number of ether oxygens (including phenoxy) is 1. The minimum Gasteiger partial charge on any atom is -0.488 e. The van der Waals surface area contributed by atoms with Gasteiger partial charge in [0.05, 0.1) is 11.6 Å². The van der Waals surface area contributed by atoms with Crippen molar-refractivity contribution < 1.29 is 13.5 Å². The predicted molar refractivity (Wildman–Crippen MR) is 50.8 cm³/mol. The fraction of sp³-hybridized carbons (Fsp3) is 0.455. The Labute approximate surface area is 86.2 Å². The molecule has 2 nitrogen and oxygen atoms in total. The quantitative estimate of drug-likeness (QED) is 0.809. The number of halogens is 2. The molecule has 3 rings (SSSR count). The van der Waals surface area contributed by atoms with Crippen molar-refractivity contribution in [2.75, 3.05) is 6.61 Å². The zero-order valence-corrected chi connectivity index (χ0v) is 8.09. The number of nitrogens with one attached hydrogen (secondary N) is 1. The Morgan fingerprint density at radius 1 is 1.20 bits per heavy atom. The van der Waals surface area contributed by atoms with Crippen LogP contribution in [-0.4, -0.2) is 12.6 Å². The Balaban J connectivity index is 1.96. The summed E-state index contributed by atoms with van der Waals surface area (Å²) in [4.78, 5) is 0. The van der Waals surface area contributed by atoms with Crippen molar-refractivity contribution >= 4 is 0 Å². The number of fused-ring (bicyclic) bond motifs is 1. The number of hydrogen-bond acceptors (Lipinski definition) is 2. The maximum atomic E-state index is 13.5. The van der Waals surface area contributed by atoms with E-state index in [4.69, 9.17) is 4.74 Å². The minimum absolute atomic E-state index is 0.0770. The number of benzene rings is 1. The molecule has 4 heteroatoms. The van der Waals surface area contributed by atoms with E-state index in [0.717, 1.165) is 25.0 Å². The highest BCUT2D eigenvalue weighted by Gasteiger charge is 2.34. The molecule has 1 aliphatic heterocycles. The van der Waals surface area contributed by atoms with Crippen LogP contribution in [0, 0.1) is 11.6 Å². The lowest BCUT2D eigenvalue weighted by Crippen LogP contribution is -2.24. The molecule has 0 aromatic heterocycles. The van der Waals surface area contributed by atoms with Gasteiger partial charge in [0.1, 0.15) is 12.4 Å². The van der Waals surface area contributed by atoms with Crippen molar-refractivity contribution in [2.24, 2.45) is 0 Å². The molecule has 1 saturated carbocycles. The zero-order valence-electron chi connectivity index (χ0n) is 8.09. The molecule has 0 amide bonds. The van der Waals surface area contributed by atoms with E-state index in [0.29, 0.717) is 18.2 Å². The SMILES string of the molecule is Fc1ccc(F)c2c1OCC2NC1CC1. The summed E-state index contributed by atoms with van der Waals surface area (Å²) in [6.07, 6.45) is 2.23. The van der Waals surface area contributed by atoms with Crippen molar-refractivity contribution in [1.29, 1.82) is 0 Å². The Bertz CT molecular complexity index is 404. The highest BCUT2D eigenvalue weighted by molar-refractivity contribution is 5.41. The lowest BCUT2D eigenvalue weighted by atomic mass is 10.1. The van der Waals surface area contributed by atoms with E-state index >= 15 is 0 Å². The first kappa shape index (κ1) is 9.09. The third-order valence-electron chi connectivity index (χ3n) is 2.85. The standard InChI is InChI=1S/C11H11F2NO/c12-7-3-4-8(13)11-10(7)9(5-15-11)14-6-1-2-6/h3-4,6,9,14H,1-2,5H2. The second kappa shape index (κ2) is 3.17. The molecule has 1 aromatic rings. The van der Waals surface area contributed by atoms with Crippen molar-refractivity contribution in [2.45, 2.75) is 24.9 Å². The van der Waals surface area contributed by atoms with Gasteiger partial charge in [0, 0.05) is 6.04 Å². The van der Waals surface area contributed by atoms with Crippen molar-refractivity contribution in [1.82, 2.24) is 5.32 Å². The first-order valence-electron chi connectivity index (χ1n) is 5.12. The molecule has 0 spiro atoms. The highest BCUT2D eigenvalue weighted by Crippen LogP contribution is 2.38. The largest absolute Gasteiger partial charge is 0.488 e. The summed E-state index contributed by atoms with van der Waals surface area (Å²) in [5.41, 5.74) is 0.349. The van der Waals surface area contributed by atoms with Crippen molar-refractivity contribution in [3.63, 3.8) is 0 Å². The van der Waals surface area contributed by atoms with E-state index in [2.05, 4.69) is 5.32 Å². The first-order valence-corrected chi connectivity index (χ1v) is 5.12. The van der Waals surface area contributed by atoms with Crippen LogP contribution in [0.25, 0.3) is 0 Å². The van der Waals surface area contributed by atoms with E-state index in [9.17, 15) is 8.78 Å². The topological polar surface area (TPSA) is 21.3 Å². The fourth-order valence-electron chi connectivity index (χ4n) is 1.94. The molecule has 1 heterocycles. The van der Waals surface area contributed by atoms with Gasteiger partial charge in [0.25, 0.3) is 0 Å². The third kappa shape index (κ3) is 1.49. The highest BCUT2D eigenvalue weighted by atomic mass is 19.1. The van der Waals surface area contributed by atoms with Gasteiger partial charge in [-0.05, 0) is 25.0 Å². The van der Waals surface area contributed by atoms with E-state index < -0.39 is 5.82 Å². The molecule has 0 bridgehead atoms. The van der Waals surface area contributed by atoms with Crippen LogP contribution in [0.4, 0.5) is 8.78 Å². The van der Waals surface area contributed by atoms with Crippen molar-refractivity contribution in [3.05, 3.63) is 29.3 Å². The summed E-state index contributed by atoms with van der Waals surface area (Å²) >= 11 is 0. The molecular weight excluding hydrogens is 200 g/mol. The molecule has 80 valence electrons. The summed E-state index contributed by atoms with van der Waals surface area (Å²) < 4.78 is 32.0. The Morgan fingerprint density at radius 3 is 2.67 bits per heavy atom. The maximum absolute atomic E-state index is 13.5. The van der Waals surface area contributed by atoms with Crippen molar-refractivity contribution in [3.8, 4) is 5.75 Å². The average molecular weight is 211 g/mol. The summed E-state index contributed by atoms with van der Waals surface area (Å²) in [5.74, 6) is -0.790. The van der Waals surface area contributed by atoms with Gasteiger partial charge in [0.15, 0.2) is 11.6 Å². The maximum Gasteiger partial charge on any atom is 0.165 e. The summed E-state index contributed by atoms with van der Waals surface area (Å²) in [7, 11) is 0. The predicted octanol–water partition coefficient (Wildman–Crippen LogP) is 2.15. The monoisotopic (exact) mass is 211 g/mol. The van der Waals surface area contributed by atoms with Crippen LogP contribution >= 0.6 is 0 Å². The van der Waals surface area contributed by atoms with Gasteiger partial charge >= 0.3 is 0 Å². The number of rotatable bonds is 2. The van der Waals surface area contributed by atoms with Gasteiger partial charge < -0.3 is 10.1 Å². The minimum atomic E-state index is -0.480. The summed E-state index contributed by atoms with van der Waals surface area (Å²) in [5, 5.41) is 3.25. The normalized spacial score (nSPS) is 23.7. The fourth-order valence-corrected chi connectivity index (χ4v) is 1.94. The molecule has 1 fully saturated rings. The second-order valence-electron chi connectivity index (χ2n) is 4.08. The van der Waals surface area contributed by atoms with Crippen LogP contribution in [0.15, 0.2) is 12.1 Å². The van der Waals surface area contributed by atoms with E-state index in [1.54, 1.807) is 0 Å². The Kier molecular flexibility index (Phi) is 1.92. The molecule has 1 aromatic carbocycles. The first-order chi connectivity index (χ1) is 7.25. The van der Waals surface area contributed by atoms with Crippen LogP contribution in [-0.2, 0) is 0 Å². The molecule has 15 heavy (non-hydrogen) atoms. The molecule has 2 aliphatic rings. The van der Waals surface area contributed by atoms with Gasteiger partial charge in [0.2, 0.25) is 0 Å². The lowest BCUT2D eigenvalue weighted by Gasteiger charge is -2.10. The molecule has 0 saturated heterocycles. The molecule has 1 N–H and O–H groups in total. The van der Waals surface area contributed by atoms with Gasteiger partial charge in [-0.2, -0.15) is 0 Å². The lowest BCUT2D eigenvalue weighted by molar-refractivity contribution is 0.299. The third-order valence-corrected chi connectivity index (χ3v) is 2.85. The Morgan fingerprint density at radius 2 is 1.93 bits per heavy atom. The van der Waals surface area contributed by atoms with Gasteiger partial charge in [-0.25, -0.2) is 8.78 Å². The molecule has 1 unspecified atom stereocenters. The Hall–Kier alpha value is -1.16. The van der Waals surface area contributed by atoms with Gasteiger partial charge in [-0.3, -0.25) is 0 Å². The van der Waals surface area contributed by atoms with E-state index in [1.165, 1.54) is 0 Å². The molecule has 1 aliphatic carbocycles. The van der Waals surface area contributed by atoms with Crippen LogP contribution in [0.5, 0.6) is 5.75 Å². The summed E-state index contributed by atoms with van der Waals surface area (Å²) in [6, 6.07) is 2.52. The second-order valence-corrected chi connectivity index (χ2v) is 4.08. The average Bonchev–Trinajstić information content (AvgIpc) is 2.91. The van der Waals surface area contributed by atoms with E-state index in [1.807, 2.05) is 0 Å². The molecule has 1 atom stereocenters.